The van der Waals surface area contributed by atoms with E-state index in [0.29, 0.717) is 12.4 Å². The van der Waals surface area contributed by atoms with Crippen molar-refractivity contribution in [3.63, 3.8) is 0 Å². The van der Waals surface area contributed by atoms with E-state index in [9.17, 15) is 9.59 Å². The maximum absolute atomic E-state index is 13.1. The number of hydrogen-bond donors (Lipinski definition) is 1. The van der Waals surface area contributed by atoms with Gasteiger partial charge in [0.15, 0.2) is 0 Å². The summed E-state index contributed by atoms with van der Waals surface area (Å²) < 4.78 is 6.97. The van der Waals surface area contributed by atoms with E-state index in [1.807, 2.05) is 30.3 Å². The molecule has 0 aliphatic rings. The number of halogens is 1. The minimum atomic E-state index is -0.738. The highest BCUT2D eigenvalue weighted by atomic mass is 35.5. The molecule has 0 fully saturated rings. The van der Waals surface area contributed by atoms with Crippen LogP contribution in [0.25, 0.3) is 5.69 Å². The molecule has 1 heterocycles. The molecule has 2 aromatic rings. The van der Waals surface area contributed by atoms with Crippen LogP contribution in [0.4, 0.5) is 5.82 Å². The molecule has 0 radical (unpaired) electrons. The number of nitrogens with one attached hydrogen (secondary N) is 1. The van der Waals surface area contributed by atoms with Crippen molar-refractivity contribution in [1.82, 2.24) is 14.7 Å². The number of anilines is 1. The Labute approximate surface area is 208 Å². The molecule has 8 heteroatoms. The topological polar surface area (TPSA) is 76.5 Å². The van der Waals surface area contributed by atoms with Crippen LogP contribution < -0.4 is 10.1 Å². The van der Waals surface area contributed by atoms with Gasteiger partial charge >= 0.3 is 0 Å². The van der Waals surface area contributed by atoms with Gasteiger partial charge in [0.1, 0.15) is 11.6 Å². The first kappa shape index (κ1) is 27.7. The fourth-order valence-electron chi connectivity index (χ4n) is 3.40. The van der Waals surface area contributed by atoms with Crippen molar-refractivity contribution in [1.29, 1.82) is 0 Å². The van der Waals surface area contributed by atoms with Gasteiger partial charge in [-0.05, 0) is 44.5 Å². The molecule has 0 saturated heterocycles. The van der Waals surface area contributed by atoms with Crippen molar-refractivity contribution in [3.8, 4) is 11.4 Å². The third-order valence-corrected chi connectivity index (χ3v) is 6.30. The van der Waals surface area contributed by atoms with Gasteiger partial charge in [0.25, 0.3) is 0 Å². The first-order valence-corrected chi connectivity index (χ1v) is 12.4. The molecule has 7 nitrogen and oxygen atoms in total. The summed E-state index contributed by atoms with van der Waals surface area (Å²) in [7, 11) is 1.62. The molecule has 2 amide bonds. The zero-order valence-corrected chi connectivity index (χ0v) is 22.3. The summed E-state index contributed by atoms with van der Waals surface area (Å²) >= 11 is 6.05. The van der Waals surface area contributed by atoms with E-state index < -0.39 is 5.41 Å². The van der Waals surface area contributed by atoms with Crippen LogP contribution in [-0.4, -0.2) is 52.6 Å². The molecule has 0 unspecified atom stereocenters. The molecule has 1 aromatic carbocycles. The Balaban J connectivity index is 2.30. The average Bonchev–Trinajstić information content (AvgIpc) is 3.22. The van der Waals surface area contributed by atoms with Gasteiger partial charge in [-0.1, -0.05) is 40.5 Å². The Morgan fingerprint density at radius 2 is 1.76 bits per heavy atom. The number of methoxy groups -OCH3 is 1. The first-order valence-electron chi connectivity index (χ1n) is 11.8. The zero-order chi connectivity index (χ0) is 25.5. The van der Waals surface area contributed by atoms with E-state index in [1.54, 1.807) is 30.5 Å². The fourth-order valence-corrected chi connectivity index (χ4v) is 3.52. The number of benzene rings is 1. The van der Waals surface area contributed by atoms with Gasteiger partial charge in [0.2, 0.25) is 11.8 Å². The van der Waals surface area contributed by atoms with Gasteiger partial charge in [-0.15, -0.1) is 11.6 Å². The predicted octanol–water partition coefficient (Wildman–Crippen LogP) is 5.40. The lowest BCUT2D eigenvalue weighted by Gasteiger charge is -2.30. The maximum atomic E-state index is 13.1. The second-order valence-corrected chi connectivity index (χ2v) is 10.5. The van der Waals surface area contributed by atoms with Crippen LogP contribution in [0, 0.1) is 5.41 Å². The molecule has 0 atom stereocenters. The predicted molar refractivity (Wildman–Crippen MR) is 138 cm³/mol. The van der Waals surface area contributed by atoms with Crippen LogP contribution in [0.15, 0.2) is 30.3 Å². The normalized spacial score (nSPS) is 11.9. The van der Waals surface area contributed by atoms with E-state index in [0.717, 1.165) is 36.4 Å². The number of hydrogen-bond acceptors (Lipinski definition) is 4. The molecular formula is C26H39ClN4O3. The summed E-state index contributed by atoms with van der Waals surface area (Å²) in [5.74, 6) is 1.09. The SMILES string of the molecule is CCCCCN(CC(=O)Nc1cc(C(C)(C)C)nn1-c1ccc(OC)cc1)C(=O)C(C)(C)CCl. The van der Waals surface area contributed by atoms with Gasteiger partial charge in [0.05, 0.1) is 30.5 Å². The molecule has 0 saturated carbocycles. The van der Waals surface area contributed by atoms with Gasteiger partial charge in [-0.2, -0.15) is 5.10 Å². The zero-order valence-electron chi connectivity index (χ0n) is 21.6. The van der Waals surface area contributed by atoms with Crippen LogP contribution in [0.3, 0.4) is 0 Å². The second kappa shape index (κ2) is 11.7. The average molecular weight is 491 g/mol. The third-order valence-electron chi connectivity index (χ3n) is 5.63. The molecular weight excluding hydrogens is 452 g/mol. The first-order chi connectivity index (χ1) is 15.9. The van der Waals surface area contributed by atoms with Crippen LogP contribution in [0.5, 0.6) is 5.75 Å². The van der Waals surface area contributed by atoms with E-state index in [4.69, 9.17) is 21.4 Å². The summed E-state index contributed by atoms with van der Waals surface area (Å²) in [4.78, 5) is 27.8. The Bertz CT molecular complexity index is 961. The lowest BCUT2D eigenvalue weighted by atomic mass is 9.92. The lowest BCUT2D eigenvalue weighted by molar-refractivity contribution is -0.141. The number of carbonyl (C=O) groups excluding carboxylic acids is 2. The molecule has 34 heavy (non-hydrogen) atoms. The summed E-state index contributed by atoms with van der Waals surface area (Å²) in [5, 5.41) is 7.73. The van der Waals surface area contributed by atoms with Gasteiger partial charge in [-0.25, -0.2) is 4.68 Å². The van der Waals surface area contributed by atoms with Gasteiger partial charge in [-0.3, -0.25) is 9.59 Å². The Kier molecular flexibility index (Phi) is 9.56. The molecule has 1 N–H and O–H groups in total. The van der Waals surface area contributed by atoms with Crippen molar-refractivity contribution in [2.24, 2.45) is 5.41 Å². The molecule has 188 valence electrons. The standard InChI is InChI=1S/C26H39ClN4O3/c1-8-9-10-15-30(24(33)26(5,6)18-27)17-23(32)28-22-16-21(25(2,3)4)29-31(22)19-11-13-20(34-7)14-12-19/h11-14,16H,8-10,15,17-18H2,1-7H3,(H,28,32). The van der Waals surface area contributed by atoms with Crippen LogP contribution in [0.2, 0.25) is 0 Å². The summed E-state index contributed by atoms with van der Waals surface area (Å²) in [5.41, 5.74) is 0.700. The van der Waals surface area contributed by atoms with Crippen molar-refractivity contribution in [2.45, 2.75) is 66.2 Å². The molecule has 0 bridgehead atoms. The Morgan fingerprint density at radius 3 is 2.29 bits per heavy atom. The number of aromatic nitrogens is 2. The maximum Gasteiger partial charge on any atom is 0.245 e. The minimum Gasteiger partial charge on any atom is -0.497 e. The van der Waals surface area contributed by atoms with E-state index in [2.05, 4.69) is 33.0 Å². The fraction of sp³-hybridized carbons (Fsp3) is 0.577. The van der Waals surface area contributed by atoms with Crippen molar-refractivity contribution < 1.29 is 14.3 Å². The minimum absolute atomic E-state index is 0.0402. The van der Waals surface area contributed by atoms with E-state index in [1.165, 1.54) is 0 Å². The Hall–Kier alpha value is -2.54. The third kappa shape index (κ3) is 7.23. The number of amides is 2. The second-order valence-electron chi connectivity index (χ2n) is 10.3. The van der Waals surface area contributed by atoms with Crippen LogP contribution in [-0.2, 0) is 15.0 Å². The molecule has 1 aromatic heterocycles. The van der Waals surface area contributed by atoms with E-state index >= 15 is 0 Å². The molecule has 2 rings (SSSR count). The quantitative estimate of drug-likeness (QED) is 0.338. The monoisotopic (exact) mass is 490 g/mol. The highest BCUT2D eigenvalue weighted by molar-refractivity contribution is 6.19. The smallest absolute Gasteiger partial charge is 0.245 e. The molecule has 0 aliphatic carbocycles. The number of rotatable bonds is 11. The lowest BCUT2D eigenvalue weighted by Crippen LogP contribution is -2.46. The number of carbonyl (C=O) groups is 2. The van der Waals surface area contributed by atoms with E-state index in [-0.39, 0.29) is 29.7 Å². The van der Waals surface area contributed by atoms with Crippen LogP contribution >= 0.6 is 11.6 Å². The Morgan fingerprint density at radius 1 is 1.12 bits per heavy atom. The number of unbranched alkanes of at least 4 members (excludes halogenated alkanes) is 2. The number of ether oxygens (including phenoxy) is 1. The number of alkyl halides is 1. The summed E-state index contributed by atoms with van der Waals surface area (Å²) in [6, 6.07) is 9.35. The number of nitrogens with zero attached hydrogens (tertiary/aromatic N) is 3. The van der Waals surface area contributed by atoms with Crippen molar-refractivity contribution in [2.75, 3.05) is 31.4 Å². The van der Waals surface area contributed by atoms with Crippen molar-refractivity contribution in [3.05, 3.63) is 36.0 Å². The highest BCUT2D eigenvalue weighted by Gasteiger charge is 2.32. The summed E-state index contributed by atoms with van der Waals surface area (Å²) in [6.45, 7) is 12.4. The molecule has 0 aliphatic heterocycles. The highest BCUT2D eigenvalue weighted by Crippen LogP contribution is 2.27. The largest absolute Gasteiger partial charge is 0.497 e. The summed E-state index contributed by atoms with van der Waals surface area (Å²) in [6.07, 6.45) is 2.86. The van der Waals surface area contributed by atoms with Crippen LogP contribution in [0.1, 0.15) is 66.5 Å². The van der Waals surface area contributed by atoms with Gasteiger partial charge < -0.3 is 15.0 Å². The molecule has 0 spiro atoms. The van der Waals surface area contributed by atoms with Crippen molar-refractivity contribution >= 4 is 29.2 Å². The van der Waals surface area contributed by atoms with Gasteiger partial charge in [0, 0.05) is 23.9 Å².